The summed E-state index contributed by atoms with van der Waals surface area (Å²) in [4.78, 5) is 34.3. The van der Waals surface area contributed by atoms with Gasteiger partial charge in [-0.3, -0.25) is 15.6 Å². The lowest BCUT2D eigenvalue weighted by atomic mass is 10.1. The third-order valence-electron chi connectivity index (χ3n) is 5.95. The number of nitrogens with two attached hydrogens (primary N) is 1. The number of halogens is 3. The van der Waals surface area contributed by atoms with Crippen molar-refractivity contribution >= 4 is 35.6 Å². The molecule has 1 heterocycles. The Morgan fingerprint density at radius 2 is 1.65 bits per heavy atom. The fraction of sp³-hybridized carbons (Fsp3) is 0.321. The van der Waals surface area contributed by atoms with Crippen LogP contribution >= 0.6 is 0 Å². The van der Waals surface area contributed by atoms with Gasteiger partial charge in [-0.05, 0) is 43.3 Å². The molecule has 2 aromatic carbocycles. The van der Waals surface area contributed by atoms with Crippen molar-refractivity contribution < 1.29 is 47.2 Å². The normalized spacial score (nSPS) is 13.4. The zero-order valence-corrected chi connectivity index (χ0v) is 23.1. The second-order valence-electron chi connectivity index (χ2n) is 9.16. The van der Waals surface area contributed by atoms with Crippen molar-refractivity contribution in [1.29, 1.82) is 10.8 Å². The molecule has 1 fully saturated rings. The monoisotopic (exact) mass is 607 g/mol. The smallest absolute Gasteiger partial charge is 0.490 e. The third kappa shape index (κ3) is 11.7. The highest BCUT2D eigenvalue weighted by atomic mass is 19.4. The van der Waals surface area contributed by atoms with E-state index in [2.05, 4.69) is 5.32 Å². The number of amides is 1. The number of carbonyl (C=O) groups excluding carboxylic acids is 1. The van der Waals surface area contributed by atoms with E-state index < -0.39 is 18.1 Å². The van der Waals surface area contributed by atoms with E-state index in [1.54, 1.807) is 49.4 Å². The first-order valence-electron chi connectivity index (χ1n) is 12.8. The Hall–Kier alpha value is -5.08. The molecule has 15 heteroatoms. The van der Waals surface area contributed by atoms with Gasteiger partial charge in [-0.25, -0.2) is 9.59 Å². The molecular weight excluding hydrogens is 575 g/mol. The second-order valence-corrected chi connectivity index (χ2v) is 9.16. The SMILES string of the molecule is CC(=N)N1CCC(Oc2ccc(C(=O)NCCOc3cc(C(=N)N)ccc3/C=C/C(=O)O)cc2)CC1.O=C(O)C(F)(F)F. The minimum atomic E-state index is -5.08. The lowest BCUT2D eigenvalue weighted by Crippen LogP contribution is -2.40. The number of hydrogen-bond donors (Lipinski definition) is 6. The quantitative estimate of drug-likeness (QED) is 0.101. The molecule has 7 N–H and O–H groups in total. The molecule has 0 unspecified atom stereocenters. The van der Waals surface area contributed by atoms with E-state index in [0.29, 0.717) is 34.0 Å². The van der Waals surface area contributed by atoms with Gasteiger partial charge < -0.3 is 35.6 Å². The Bertz CT molecular complexity index is 1340. The highest BCUT2D eigenvalue weighted by Gasteiger charge is 2.38. The second kappa shape index (κ2) is 15.8. The molecule has 43 heavy (non-hydrogen) atoms. The maximum absolute atomic E-state index is 12.5. The van der Waals surface area contributed by atoms with Crippen molar-refractivity contribution in [3.05, 3.63) is 65.2 Å². The maximum atomic E-state index is 12.5. The van der Waals surface area contributed by atoms with Gasteiger partial charge in [0.1, 0.15) is 30.0 Å². The van der Waals surface area contributed by atoms with Crippen molar-refractivity contribution in [2.75, 3.05) is 26.2 Å². The number of carbonyl (C=O) groups is 3. The summed E-state index contributed by atoms with van der Waals surface area (Å²) in [5, 5.41) is 34.1. The average Bonchev–Trinajstić information content (AvgIpc) is 2.94. The number of nitrogens with one attached hydrogen (secondary N) is 3. The highest BCUT2D eigenvalue weighted by molar-refractivity contribution is 5.96. The predicted molar refractivity (Wildman–Crippen MR) is 151 cm³/mol. The summed E-state index contributed by atoms with van der Waals surface area (Å²) >= 11 is 0. The van der Waals surface area contributed by atoms with E-state index in [4.69, 9.17) is 41.0 Å². The molecule has 0 radical (unpaired) electrons. The summed E-state index contributed by atoms with van der Waals surface area (Å²) in [5.74, 6) is -2.61. The Kier molecular flexibility index (Phi) is 12.5. The summed E-state index contributed by atoms with van der Waals surface area (Å²) in [7, 11) is 0. The first-order valence-corrected chi connectivity index (χ1v) is 12.8. The van der Waals surface area contributed by atoms with Gasteiger partial charge in [0.2, 0.25) is 0 Å². The molecule has 3 rings (SSSR count). The first kappa shape index (κ1) is 34.1. The van der Waals surface area contributed by atoms with Crippen LogP contribution in [0.5, 0.6) is 11.5 Å². The fourth-order valence-electron chi connectivity index (χ4n) is 3.74. The number of likely N-dealkylation sites (tertiary alicyclic amines) is 1. The molecular formula is C28H32F3N5O7. The summed E-state index contributed by atoms with van der Waals surface area (Å²) < 4.78 is 43.5. The zero-order valence-electron chi connectivity index (χ0n) is 23.1. The van der Waals surface area contributed by atoms with Crippen LogP contribution in [0.15, 0.2) is 48.5 Å². The van der Waals surface area contributed by atoms with Crippen LogP contribution in [0.1, 0.15) is 41.3 Å². The number of piperidine rings is 1. The number of nitrogens with zero attached hydrogens (tertiary/aromatic N) is 1. The van der Waals surface area contributed by atoms with E-state index in [0.717, 1.165) is 32.0 Å². The number of alkyl halides is 3. The molecule has 2 aromatic rings. The first-order chi connectivity index (χ1) is 20.2. The summed E-state index contributed by atoms with van der Waals surface area (Å²) in [5.41, 5.74) is 6.98. The Morgan fingerprint density at radius 3 is 2.16 bits per heavy atom. The van der Waals surface area contributed by atoms with E-state index in [1.165, 1.54) is 6.08 Å². The third-order valence-corrected chi connectivity index (χ3v) is 5.95. The van der Waals surface area contributed by atoms with Crippen LogP contribution in [0.3, 0.4) is 0 Å². The highest BCUT2D eigenvalue weighted by Crippen LogP contribution is 2.23. The van der Waals surface area contributed by atoms with Crippen LogP contribution < -0.4 is 20.5 Å². The fourth-order valence-corrected chi connectivity index (χ4v) is 3.74. The van der Waals surface area contributed by atoms with E-state index in [9.17, 15) is 22.8 Å². The Balaban J connectivity index is 0.000000821. The molecule has 0 saturated carbocycles. The summed E-state index contributed by atoms with van der Waals surface area (Å²) in [6, 6.07) is 11.7. The minimum Gasteiger partial charge on any atom is -0.491 e. The zero-order chi connectivity index (χ0) is 32.2. The molecule has 1 aliphatic rings. The van der Waals surface area contributed by atoms with Crippen molar-refractivity contribution in [2.24, 2.45) is 5.73 Å². The lowest BCUT2D eigenvalue weighted by molar-refractivity contribution is -0.192. The van der Waals surface area contributed by atoms with Crippen molar-refractivity contribution in [3.8, 4) is 11.5 Å². The molecule has 0 spiro atoms. The van der Waals surface area contributed by atoms with Crippen LogP contribution in [-0.4, -0.2) is 83.2 Å². The predicted octanol–water partition coefficient (Wildman–Crippen LogP) is 3.35. The standard InChI is InChI=1S/C26H31N5O5.C2HF3O2/c1-17(27)31-13-10-22(11-14-31)36-21-7-4-19(5-8-21)26(34)30-12-15-35-23-16-20(25(28)29)3-2-18(23)6-9-24(32)33;3-2(4,5)1(6)7/h2-9,16,22,27H,10-15H2,1H3,(H3,28,29)(H,30,34)(H,32,33);(H,6,7)/b9-6+,27-17?;. The molecule has 1 aliphatic heterocycles. The molecule has 12 nitrogen and oxygen atoms in total. The van der Waals surface area contributed by atoms with Gasteiger partial charge in [0.05, 0.1) is 12.4 Å². The van der Waals surface area contributed by atoms with Crippen LogP contribution in [0.2, 0.25) is 0 Å². The van der Waals surface area contributed by atoms with Gasteiger partial charge in [-0.15, -0.1) is 0 Å². The average molecular weight is 608 g/mol. The van der Waals surface area contributed by atoms with Crippen molar-refractivity contribution in [1.82, 2.24) is 10.2 Å². The van der Waals surface area contributed by atoms with Gasteiger partial charge in [0, 0.05) is 48.7 Å². The van der Waals surface area contributed by atoms with E-state index in [1.807, 2.05) is 4.90 Å². The number of aliphatic carboxylic acids is 2. The van der Waals surface area contributed by atoms with Gasteiger partial charge in [0.25, 0.3) is 5.91 Å². The van der Waals surface area contributed by atoms with Crippen LogP contribution in [0, 0.1) is 10.8 Å². The summed E-state index contributed by atoms with van der Waals surface area (Å²) in [6.07, 6.45) is -0.912. The summed E-state index contributed by atoms with van der Waals surface area (Å²) in [6.45, 7) is 3.75. The topological polar surface area (TPSA) is 199 Å². The number of benzene rings is 2. The van der Waals surface area contributed by atoms with Crippen LogP contribution in [-0.2, 0) is 9.59 Å². The van der Waals surface area contributed by atoms with Crippen LogP contribution in [0.25, 0.3) is 6.08 Å². The number of carboxylic acid groups (broad SMARTS) is 2. The van der Waals surface area contributed by atoms with Gasteiger partial charge in [-0.1, -0.05) is 12.1 Å². The van der Waals surface area contributed by atoms with Crippen molar-refractivity contribution in [2.45, 2.75) is 32.0 Å². The molecule has 1 amide bonds. The molecule has 1 saturated heterocycles. The molecule has 232 valence electrons. The number of carboxylic acids is 2. The minimum absolute atomic E-state index is 0.0918. The number of rotatable bonds is 10. The number of hydrogen-bond acceptors (Lipinski definition) is 7. The largest absolute Gasteiger partial charge is 0.491 e. The van der Waals surface area contributed by atoms with Gasteiger partial charge in [-0.2, -0.15) is 13.2 Å². The van der Waals surface area contributed by atoms with E-state index >= 15 is 0 Å². The Labute approximate surface area is 244 Å². The van der Waals surface area contributed by atoms with E-state index in [-0.39, 0.29) is 31.0 Å². The molecule has 0 bridgehead atoms. The van der Waals surface area contributed by atoms with Gasteiger partial charge >= 0.3 is 18.1 Å². The maximum Gasteiger partial charge on any atom is 0.490 e. The number of ether oxygens (including phenoxy) is 2. The molecule has 0 aliphatic carbocycles. The lowest BCUT2D eigenvalue weighted by Gasteiger charge is -2.32. The molecule has 0 aromatic heterocycles. The number of nitrogen functional groups attached to an aromatic ring is 1. The van der Waals surface area contributed by atoms with Crippen LogP contribution in [0.4, 0.5) is 13.2 Å². The number of amidine groups is 2. The van der Waals surface area contributed by atoms with Gasteiger partial charge in [0.15, 0.2) is 0 Å². The van der Waals surface area contributed by atoms with Crippen molar-refractivity contribution in [3.63, 3.8) is 0 Å². The molecule has 0 atom stereocenters. The Morgan fingerprint density at radius 1 is 1.07 bits per heavy atom.